The Morgan fingerprint density at radius 2 is 1.57 bits per heavy atom. The van der Waals surface area contributed by atoms with Crippen molar-refractivity contribution in [1.29, 1.82) is 0 Å². The third-order valence-electron chi connectivity index (χ3n) is 3.01. The van der Waals surface area contributed by atoms with Gasteiger partial charge in [0.1, 0.15) is 18.4 Å². The summed E-state index contributed by atoms with van der Waals surface area (Å²) in [6, 6.07) is 9.10. The number of methoxy groups -OCH3 is 2. The number of rotatable bonds is 4. The van der Waals surface area contributed by atoms with Crippen molar-refractivity contribution in [3.05, 3.63) is 47.7 Å². The Kier molecular flexibility index (Phi) is 4.27. The topological polar surface area (TPSA) is 66.8 Å². The molecule has 0 aliphatic rings. The largest absolute Gasteiger partial charge is 0.465 e. The van der Waals surface area contributed by atoms with Crippen molar-refractivity contribution in [2.75, 3.05) is 21.3 Å². The molecule has 0 fully saturated rings. The molecule has 2 rings (SSSR count). The number of nitrogens with zero attached hydrogens (tertiary/aromatic N) is 1. The maximum atomic E-state index is 12.1. The summed E-state index contributed by atoms with van der Waals surface area (Å²) in [5, 5.41) is 0. The van der Waals surface area contributed by atoms with E-state index in [4.69, 9.17) is 14.3 Å². The van der Waals surface area contributed by atoms with Crippen molar-refractivity contribution in [2.24, 2.45) is 0 Å². The van der Waals surface area contributed by atoms with Crippen molar-refractivity contribution < 1.29 is 23.9 Å². The molecule has 1 heterocycles. The first kappa shape index (κ1) is 14.6. The second-order valence-corrected chi connectivity index (χ2v) is 4.12. The van der Waals surface area contributed by atoms with Crippen LogP contribution in [0, 0.1) is 0 Å². The SMILES string of the molecule is COC(=O)c1cn(OC)c(-c2ccccc2)c1C(=O)OC. The van der Waals surface area contributed by atoms with Gasteiger partial charge in [-0.25, -0.2) is 9.59 Å². The van der Waals surface area contributed by atoms with Gasteiger partial charge in [-0.15, -0.1) is 0 Å². The van der Waals surface area contributed by atoms with E-state index in [0.29, 0.717) is 5.69 Å². The minimum absolute atomic E-state index is 0.0880. The van der Waals surface area contributed by atoms with Gasteiger partial charge >= 0.3 is 11.9 Å². The summed E-state index contributed by atoms with van der Waals surface area (Å²) < 4.78 is 10.8. The van der Waals surface area contributed by atoms with Crippen LogP contribution >= 0.6 is 0 Å². The molecule has 0 N–H and O–H groups in total. The summed E-state index contributed by atoms with van der Waals surface area (Å²) in [7, 11) is 3.94. The number of hydrogen-bond donors (Lipinski definition) is 0. The normalized spacial score (nSPS) is 10.0. The van der Waals surface area contributed by atoms with Crippen LogP contribution in [-0.4, -0.2) is 38.0 Å². The van der Waals surface area contributed by atoms with Gasteiger partial charge in [0.2, 0.25) is 0 Å². The molecule has 0 aliphatic carbocycles. The van der Waals surface area contributed by atoms with Crippen LogP contribution in [0.5, 0.6) is 0 Å². The molecule has 0 bridgehead atoms. The van der Waals surface area contributed by atoms with Crippen LogP contribution in [0.15, 0.2) is 36.5 Å². The Balaban J connectivity index is 2.75. The van der Waals surface area contributed by atoms with Crippen molar-refractivity contribution >= 4 is 11.9 Å². The number of benzene rings is 1. The maximum absolute atomic E-state index is 12.1. The Bertz CT molecular complexity index is 660. The molecule has 2 aromatic rings. The van der Waals surface area contributed by atoms with E-state index >= 15 is 0 Å². The predicted octanol–water partition coefficient (Wildman–Crippen LogP) is 1.79. The van der Waals surface area contributed by atoms with E-state index < -0.39 is 11.9 Å². The third kappa shape index (κ3) is 2.60. The second kappa shape index (κ2) is 6.13. The highest BCUT2D eigenvalue weighted by molar-refractivity contribution is 6.07. The summed E-state index contributed by atoms with van der Waals surface area (Å²) in [6.07, 6.45) is 1.40. The lowest BCUT2D eigenvalue weighted by molar-refractivity contribution is 0.0557. The third-order valence-corrected chi connectivity index (χ3v) is 3.01. The number of aromatic nitrogens is 1. The lowest BCUT2D eigenvalue weighted by Gasteiger charge is -2.09. The molecule has 1 aromatic carbocycles. The van der Waals surface area contributed by atoms with Crippen LogP contribution in [0.2, 0.25) is 0 Å². The van der Waals surface area contributed by atoms with Gasteiger partial charge in [-0.05, 0) is 0 Å². The van der Waals surface area contributed by atoms with Crippen molar-refractivity contribution in [1.82, 2.24) is 4.73 Å². The highest BCUT2D eigenvalue weighted by atomic mass is 16.6. The fraction of sp³-hybridized carbons (Fsp3) is 0.200. The standard InChI is InChI=1S/C15H15NO5/c1-19-14(17)11-9-16(21-3)13(12(11)15(18)20-2)10-7-5-4-6-8-10/h4-9H,1-3H3. The van der Waals surface area contributed by atoms with E-state index in [0.717, 1.165) is 5.56 Å². The van der Waals surface area contributed by atoms with Crippen LogP contribution in [0.3, 0.4) is 0 Å². The highest BCUT2D eigenvalue weighted by Crippen LogP contribution is 2.29. The highest BCUT2D eigenvalue weighted by Gasteiger charge is 2.28. The van der Waals surface area contributed by atoms with Crippen LogP contribution in [0.1, 0.15) is 20.7 Å². The molecule has 110 valence electrons. The summed E-state index contributed by atoms with van der Waals surface area (Å²) in [4.78, 5) is 29.2. The number of carbonyl (C=O) groups is 2. The van der Waals surface area contributed by atoms with Crippen molar-refractivity contribution in [3.63, 3.8) is 0 Å². The zero-order valence-electron chi connectivity index (χ0n) is 12.0. The monoisotopic (exact) mass is 289 g/mol. The average molecular weight is 289 g/mol. The molecule has 0 atom stereocenters. The molecule has 0 saturated carbocycles. The molecular weight excluding hydrogens is 274 g/mol. The Hall–Kier alpha value is -2.76. The molecule has 21 heavy (non-hydrogen) atoms. The molecule has 1 aromatic heterocycles. The van der Waals surface area contributed by atoms with E-state index in [1.807, 2.05) is 18.2 Å². The lowest BCUT2D eigenvalue weighted by Crippen LogP contribution is -2.11. The molecular formula is C15H15NO5. The van der Waals surface area contributed by atoms with E-state index in [1.54, 1.807) is 12.1 Å². The second-order valence-electron chi connectivity index (χ2n) is 4.12. The van der Waals surface area contributed by atoms with Gasteiger partial charge in [0.25, 0.3) is 0 Å². The first-order valence-corrected chi connectivity index (χ1v) is 6.15. The van der Waals surface area contributed by atoms with Crippen LogP contribution in [0.25, 0.3) is 11.3 Å². The summed E-state index contributed by atoms with van der Waals surface area (Å²) in [5.74, 6) is -1.27. The van der Waals surface area contributed by atoms with Crippen molar-refractivity contribution in [3.8, 4) is 11.3 Å². The summed E-state index contributed by atoms with van der Waals surface area (Å²) >= 11 is 0. The van der Waals surface area contributed by atoms with Gasteiger partial charge in [0.15, 0.2) is 0 Å². The lowest BCUT2D eigenvalue weighted by atomic mass is 10.0. The Morgan fingerprint density at radius 1 is 0.952 bits per heavy atom. The quantitative estimate of drug-likeness (QED) is 0.803. The van der Waals surface area contributed by atoms with Gasteiger partial charge in [-0.2, -0.15) is 4.73 Å². The fourth-order valence-electron chi connectivity index (χ4n) is 2.07. The number of esters is 2. The summed E-state index contributed by atoms with van der Waals surface area (Å²) in [5.41, 5.74) is 1.35. The van der Waals surface area contributed by atoms with E-state index in [2.05, 4.69) is 0 Å². The zero-order valence-corrected chi connectivity index (χ0v) is 12.0. The van der Waals surface area contributed by atoms with Gasteiger partial charge < -0.3 is 14.3 Å². The van der Waals surface area contributed by atoms with Crippen LogP contribution in [0.4, 0.5) is 0 Å². The first-order chi connectivity index (χ1) is 10.1. The zero-order chi connectivity index (χ0) is 15.4. The van der Waals surface area contributed by atoms with Crippen LogP contribution in [-0.2, 0) is 9.47 Å². The molecule has 0 radical (unpaired) electrons. The fourth-order valence-corrected chi connectivity index (χ4v) is 2.07. The predicted molar refractivity (Wildman–Crippen MR) is 75.1 cm³/mol. The minimum Gasteiger partial charge on any atom is -0.465 e. The smallest absolute Gasteiger partial charge is 0.341 e. The van der Waals surface area contributed by atoms with Crippen molar-refractivity contribution in [2.45, 2.75) is 0 Å². The number of ether oxygens (including phenoxy) is 2. The molecule has 0 aliphatic heterocycles. The van der Waals surface area contributed by atoms with Gasteiger partial charge in [-0.1, -0.05) is 30.3 Å². The average Bonchev–Trinajstić information content (AvgIpc) is 2.93. The Labute approximate surface area is 121 Å². The molecule has 0 amide bonds. The molecule has 6 nitrogen and oxygen atoms in total. The van der Waals surface area contributed by atoms with E-state index in [1.165, 1.54) is 32.3 Å². The maximum Gasteiger partial charge on any atom is 0.341 e. The number of carbonyl (C=O) groups excluding carboxylic acids is 2. The minimum atomic E-state index is -0.636. The summed E-state index contributed by atoms with van der Waals surface area (Å²) in [6.45, 7) is 0. The van der Waals surface area contributed by atoms with Gasteiger partial charge in [0, 0.05) is 5.56 Å². The van der Waals surface area contributed by atoms with Crippen LogP contribution < -0.4 is 4.84 Å². The molecule has 6 heteroatoms. The van der Waals surface area contributed by atoms with Gasteiger partial charge in [0.05, 0.1) is 26.0 Å². The van der Waals surface area contributed by atoms with E-state index in [-0.39, 0.29) is 11.1 Å². The molecule has 0 spiro atoms. The molecule has 0 saturated heterocycles. The van der Waals surface area contributed by atoms with E-state index in [9.17, 15) is 9.59 Å². The van der Waals surface area contributed by atoms with Gasteiger partial charge in [-0.3, -0.25) is 0 Å². The molecule has 0 unspecified atom stereocenters. The number of hydrogen-bond acceptors (Lipinski definition) is 5. The Morgan fingerprint density at radius 3 is 2.10 bits per heavy atom. The first-order valence-electron chi connectivity index (χ1n) is 6.15.